The largest absolute Gasteiger partial charge is 0.395 e. The third-order valence-electron chi connectivity index (χ3n) is 0.561. The molecule has 6 heteroatoms. The Morgan fingerprint density at radius 1 is 1.56 bits per heavy atom. The van der Waals surface area contributed by atoms with Gasteiger partial charge in [0.25, 0.3) is 11.0 Å². The number of hydrogen-bond acceptors (Lipinski definition) is 5. The molecule has 0 aliphatic carbocycles. The van der Waals surface area contributed by atoms with Gasteiger partial charge in [-0.25, -0.2) is 8.42 Å². The molecule has 0 spiro atoms. The molecule has 9 heavy (non-hydrogen) atoms. The first-order valence-electron chi connectivity index (χ1n) is 2.36. The second-order valence-corrected chi connectivity index (χ2v) is 1.93. The fourth-order valence-corrected chi connectivity index (χ4v) is 0.446. The van der Waals surface area contributed by atoms with Crippen LogP contribution in [-0.4, -0.2) is 33.4 Å². The zero-order chi connectivity index (χ0) is 7.11. The van der Waals surface area contributed by atoms with Gasteiger partial charge in [-0.1, -0.05) is 0 Å². The number of rotatable bonds is 5. The minimum absolute atomic E-state index is 0.0288. The van der Waals surface area contributed by atoms with E-state index < -0.39 is 11.0 Å². The Kier molecular flexibility index (Phi) is 5.85. The zero-order valence-corrected chi connectivity index (χ0v) is 5.63. The van der Waals surface area contributed by atoms with Crippen molar-refractivity contribution in [1.29, 1.82) is 0 Å². The van der Waals surface area contributed by atoms with E-state index in [9.17, 15) is 8.42 Å². The average molecular weight is 155 g/mol. The van der Waals surface area contributed by atoms with Gasteiger partial charge in [-0.3, -0.25) is 9.50 Å². The first kappa shape index (κ1) is 8.83. The highest BCUT2D eigenvalue weighted by molar-refractivity contribution is 7.67. The fourth-order valence-electron chi connectivity index (χ4n) is 0.250. The number of thiol groups is 1. The Labute approximate surface area is 54.8 Å². The van der Waals surface area contributed by atoms with Gasteiger partial charge in [0.1, 0.15) is 6.73 Å². The van der Waals surface area contributed by atoms with Gasteiger partial charge < -0.3 is 5.11 Å². The van der Waals surface area contributed by atoms with Gasteiger partial charge >= 0.3 is 0 Å². The molecule has 0 aromatic heterocycles. The Morgan fingerprint density at radius 2 is 2.22 bits per heavy atom. The van der Waals surface area contributed by atoms with E-state index in [0.29, 0.717) is 6.54 Å². The van der Waals surface area contributed by atoms with Crippen LogP contribution in [0.5, 0.6) is 0 Å². The van der Waals surface area contributed by atoms with Crippen LogP contribution in [-0.2, 0) is 15.2 Å². The van der Waals surface area contributed by atoms with Crippen LogP contribution in [0.1, 0.15) is 0 Å². The quantitative estimate of drug-likeness (QED) is 0.245. The van der Waals surface area contributed by atoms with Crippen LogP contribution in [0.2, 0.25) is 0 Å². The van der Waals surface area contributed by atoms with Gasteiger partial charge in [-0.15, -0.1) is 0 Å². The van der Waals surface area contributed by atoms with Gasteiger partial charge in [0.05, 0.1) is 6.61 Å². The first-order valence-corrected chi connectivity index (χ1v) is 3.46. The molecule has 0 aromatic carbocycles. The lowest BCUT2D eigenvalue weighted by molar-refractivity contribution is 0.253. The van der Waals surface area contributed by atoms with Gasteiger partial charge in [-0.05, 0) is 0 Å². The lowest BCUT2D eigenvalue weighted by Gasteiger charge is -1.96. The number of aliphatic hydroxyl groups excluding tert-OH is 1. The van der Waals surface area contributed by atoms with E-state index in [2.05, 4.69) is 9.50 Å². The molecule has 0 aliphatic rings. The topological polar surface area (TPSA) is 75.6 Å². The van der Waals surface area contributed by atoms with E-state index >= 15 is 0 Å². The summed E-state index contributed by atoms with van der Waals surface area (Å²) in [6.07, 6.45) is 0. The van der Waals surface area contributed by atoms with Crippen LogP contribution in [0, 0.1) is 0 Å². The maximum absolute atomic E-state index is 9.67. The monoisotopic (exact) mass is 155 g/mol. The minimum Gasteiger partial charge on any atom is -0.395 e. The predicted molar refractivity (Wildman–Crippen MR) is 31.4 cm³/mol. The molecular weight excluding hydrogens is 146 g/mol. The first-order chi connectivity index (χ1) is 4.27. The number of hydrogen-bond donors (Lipinski definition) is 3. The summed E-state index contributed by atoms with van der Waals surface area (Å²) in [5, 5.41) is 10.7. The molecule has 0 saturated carbocycles. The Morgan fingerprint density at radius 3 is 2.67 bits per heavy atom. The van der Waals surface area contributed by atoms with E-state index in [1.807, 2.05) is 0 Å². The summed E-state index contributed by atoms with van der Waals surface area (Å²) in [5.41, 5.74) is 0. The summed E-state index contributed by atoms with van der Waals surface area (Å²) in [6, 6.07) is 0. The number of aliphatic hydroxyl groups is 1. The van der Waals surface area contributed by atoms with E-state index in [-0.39, 0.29) is 13.3 Å². The molecule has 0 aliphatic heterocycles. The number of nitrogens with one attached hydrogen (secondary N) is 1. The van der Waals surface area contributed by atoms with Crippen LogP contribution in [0.4, 0.5) is 0 Å². The van der Waals surface area contributed by atoms with Crippen molar-refractivity contribution in [3.8, 4) is 0 Å². The van der Waals surface area contributed by atoms with E-state index in [0.717, 1.165) is 0 Å². The normalized spacial score (nSPS) is 10.4. The van der Waals surface area contributed by atoms with E-state index in [1.54, 1.807) is 0 Å². The summed E-state index contributed by atoms with van der Waals surface area (Å²) in [5.74, 6) is 0. The predicted octanol–water partition coefficient (Wildman–Crippen LogP) is -1.93. The van der Waals surface area contributed by atoms with Crippen LogP contribution in [0.3, 0.4) is 0 Å². The highest BCUT2D eigenvalue weighted by Gasteiger charge is 1.83. The molecule has 0 bridgehead atoms. The van der Waals surface area contributed by atoms with Gasteiger partial charge in [0.15, 0.2) is 0 Å². The molecule has 2 N–H and O–H groups in total. The summed E-state index contributed by atoms with van der Waals surface area (Å²) in [6.45, 7) is 0.238. The molecule has 0 unspecified atom stereocenters. The minimum atomic E-state index is -2.76. The maximum atomic E-state index is 9.67. The van der Waals surface area contributed by atoms with Crippen molar-refractivity contribution >= 4 is 11.0 Å². The van der Waals surface area contributed by atoms with Crippen molar-refractivity contribution in [1.82, 2.24) is 5.32 Å². The SMILES string of the molecule is O=[SH](=O)OCNCCO. The van der Waals surface area contributed by atoms with Crippen LogP contribution < -0.4 is 5.32 Å². The highest BCUT2D eigenvalue weighted by atomic mass is 32.2. The molecule has 0 atom stereocenters. The Hall–Kier alpha value is -0.170. The highest BCUT2D eigenvalue weighted by Crippen LogP contribution is 1.66. The van der Waals surface area contributed by atoms with Crippen molar-refractivity contribution in [2.24, 2.45) is 0 Å². The molecule has 56 valence electrons. The second kappa shape index (κ2) is 5.96. The maximum Gasteiger partial charge on any atom is 0.258 e. The lowest BCUT2D eigenvalue weighted by atomic mass is 10.7. The molecule has 0 radical (unpaired) electrons. The molecule has 0 fully saturated rings. The molecular formula is C3H9NO4S. The summed E-state index contributed by atoms with van der Waals surface area (Å²) in [4.78, 5) is 0. The third kappa shape index (κ3) is 7.83. The fraction of sp³-hybridized carbons (Fsp3) is 1.00. The van der Waals surface area contributed by atoms with Gasteiger partial charge in [0, 0.05) is 6.54 Å². The molecule has 0 aromatic rings. The molecule has 0 rings (SSSR count). The van der Waals surface area contributed by atoms with Crippen molar-refractivity contribution in [3.05, 3.63) is 0 Å². The van der Waals surface area contributed by atoms with Gasteiger partial charge in [-0.2, -0.15) is 0 Å². The van der Waals surface area contributed by atoms with Crippen LogP contribution >= 0.6 is 0 Å². The van der Waals surface area contributed by atoms with E-state index in [1.165, 1.54) is 0 Å². The van der Waals surface area contributed by atoms with Crippen molar-refractivity contribution < 1.29 is 17.7 Å². The summed E-state index contributed by atoms with van der Waals surface area (Å²) in [7, 11) is -2.76. The third-order valence-corrected chi connectivity index (χ3v) is 0.901. The van der Waals surface area contributed by atoms with Crippen molar-refractivity contribution in [3.63, 3.8) is 0 Å². The van der Waals surface area contributed by atoms with Crippen molar-refractivity contribution in [2.75, 3.05) is 19.9 Å². The van der Waals surface area contributed by atoms with Crippen LogP contribution in [0.25, 0.3) is 0 Å². The molecule has 0 heterocycles. The summed E-state index contributed by atoms with van der Waals surface area (Å²) < 4.78 is 23.4. The average Bonchev–Trinajstić information content (AvgIpc) is 1.80. The van der Waals surface area contributed by atoms with E-state index in [4.69, 9.17) is 5.11 Å². The van der Waals surface area contributed by atoms with Crippen molar-refractivity contribution in [2.45, 2.75) is 0 Å². The smallest absolute Gasteiger partial charge is 0.258 e. The summed E-state index contributed by atoms with van der Waals surface area (Å²) >= 11 is 0. The lowest BCUT2D eigenvalue weighted by Crippen LogP contribution is -2.20. The molecule has 0 amide bonds. The molecule has 5 nitrogen and oxygen atoms in total. The second-order valence-electron chi connectivity index (χ2n) is 1.22. The van der Waals surface area contributed by atoms with Crippen LogP contribution in [0.15, 0.2) is 0 Å². The molecule has 0 saturated heterocycles. The Bertz CT molecular complexity index is 115. The standard InChI is InChI=1S/C3H9NO4S/c5-2-1-4-3-8-9(6)7/h4-5,9H,1-3H2. The zero-order valence-electron chi connectivity index (χ0n) is 4.74. The van der Waals surface area contributed by atoms with Gasteiger partial charge in [0.2, 0.25) is 0 Å². The Balaban J connectivity index is 2.92.